The third-order valence-electron chi connectivity index (χ3n) is 5.02. The molecule has 160 valence electrons. The van der Waals surface area contributed by atoms with Gasteiger partial charge in [0.1, 0.15) is 0 Å². The summed E-state index contributed by atoms with van der Waals surface area (Å²) in [5, 5.41) is 4.96. The van der Waals surface area contributed by atoms with Gasteiger partial charge >= 0.3 is 18.0 Å². The molecule has 29 heavy (non-hydrogen) atoms. The van der Waals surface area contributed by atoms with E-state index in [1.54, 1.807) is 0 Å². The first-order valence-corrected chi connectivity index (χ1v) is 9.83. The van der Waals surface area contributed by atoms with Gasteiger partial charge < -0.3 is 4.57 Å². The van der Waals surface area contributed by atoms with Crippen LogP contribution in [-0.2, 0) is 28.7 Å². The van der Waals surface area contributed by atoms with Crippen LogP contribution in [0.4, 0.5) is 30.7 Å². The lowest BCUT2D eigenvalue weighted by Gasteiger charge is -2.31. The molecule has 1 aliphatic heterocycles. The van der Waals surface area contributed by atoms with Gasteiger partial charge in [-0.25, -0.2) is 17.9 Å². The molecule has 0 saturated carbocycles. The van der Waals surface area contributed by atoms with Crippen LogP contribution >= 0.6 is 0 Å². The van der Waals surface area contributed by atoms with E-state index in [1.807, 2.05) is 0 Å². The number of benzene rings is 1. The normalized spacial score (nSPS) is 15.6. The molecule has 0 fully saturated rings. The van der Waals surface area contributed by atoms with Crippen molar-refractivity contribution in [1.29, 1.82) is 0 Å². The van der Waals surface area contributed by atoms with E-state index in [2.05, 4.69) is 0 Å². The highest BCUT2D eigenvalue weighted by Gasteiger charge is 2.75. The number of primary sulfonamides is 1. The van der Waals surface area contributed by atoms with Gasteiger partial charge in [0.25, 0.3) is 0 Å². The van der Waals surface area contributed by atoms with E-state index in [9.17, 15) is 39.2 Å². The lowest BCUT2D eigenvalue weighted by atomic mass is 9.86. The SMILES string of the molecule is Cc1c(C(F)(C(F)(F)F)C(F)(F)F)c(-c2ccc(S(N)(=O)=O)cc2)c2n1CCC2. The van der Waals surface area contributed by atoms with Crippen LogP contribution in [0.1, 0.15) is 23.4 Å². The van der Waals surface area contributed by atoms with Crippen molar-refractivity contribution in [3.05, 3.63) is 41.2 Å². The number of alkyl halides is 7. The zero-order chi connectivity index (χ0) is 22.0. The zero-order valence-electron chi connectivity index (χ0n) is 14.8. The smallest absolute Gasteiger partial charge is 0.348 e. The van der Waals surface area contributed by atoms with Crippen molar-refractivity contribution < 1.29 is 39.2 Å². The molecule has 12 heteroatoms. The summed E-state index contributed by atoms with van der Waals surface area (Å²) in [6, 6.07) is 3.93. The molecule has 0 unspecified atom stereocenters. The summed E-state index contributed by atoms with van der Waals surface area (Å²) in [6.45, 7) is 1.16. The number of hydrogen-bond acceptors (Lipinski definition) is 2. The third-order valence-corrected chi connectivity index (χ3v) is 5.95. The van der Waals surface area contributed by atoms with Gasteiger partial charge in [-0.1, -0.05) is 12.1 Å². The summed E-state index contributed by atoms with van der Waals surface area (Å²) in [4.78, 5) is -0.381. The van der Waals surface area contributed by atoms with Crippen LogP contribution in [-0.4, -0.2) is 25.3 Å². The molecule has 0 radical (unpaired) electrons. The zero-order valence-corrected chi connectivity index (χ0v) is 15.6. The molecular formula is C17H15F7N2O2S. The number of aromatic nitrogens is 1. The lowest BCUT2D eigenvalue weighted by Crippen LogP contribution is -2.51. The van der Waals surface area contributed by atoms with E-state index in [-0.39, 0.29) is 29.1 Å². The number of rotatable bonds is 3. The van der Waals surface area contributed by atoms with Crippen molar-refractivity contribution in [2.24, 2.45) is 5.14 Å². The predicted molar refractivity (Wildman–Crippen MR) is 89.2 cm³/mol. The summed E-state index contributed by atoms with van der Waals surface area (Å²) in [6.07, 6.45) is -11.9. The molecule has 0 saturated heterocycles. The lowest BCUT2D eigenvalue weighted by molar-refractivity contribution is -0.348. The first kappa shape index (κ1) is 21.6. The first-order chi connectivity index (χ1) is 13.1. The molecule has 2 N–H and O–H groups in total. The average Bonchev–Trinajstić information content (AvgIpc) is 3.14. The topological polar surface area (TPSA) is 65.1 Å². The fraction of sp³-hybridized carbons (Fsp3) is 0.412. The van der Waals surface area contributed by atoms with Gasteiger partial charge in [-0.2, -0.15) is 26.3 Å². The summed E-state index contributed by atoms with van der Waals surface area (Å²) in [5.74, 6) is 0. The molecule has 1 aromatic carbocycles. The highest BCUT2D eigenvalue weighted by molar-refractivity contribution is 7.89. The van der Waals surface area contributed by atoms with E-state index in [4.69, 9.17) is 5.14 Å². The van der Waals surface area contributed by atoms with E-state index in [0.717, 1.165) is 31.2 Å². The van der Waals surface area contributed by atoms with Gasteiger partial charge in [-0.3, -0.25) is 0 Å². The van der Waals surface area contributed by atoms with E-state index in [1.165, 1.54) is 4.57 Å². The van der Waals surface area contributed by atoms with E-state index >= 15 is 0 Å². The van der Waals surface area contributed by atoms with Gasteiger partial charge in [0.15, 0.2) is 0 Å². The molecule has 3 rings (SSSR count). The third kappa shape index (κ3) is 3.21. The fourth-order valence-electron chi connectivity index (χ4n) is 3.75. The van der Waals surface area contributed by atoms with Crippen LogP contribution in [0.5, 0.6) is 0 Å². The van der Waals surface area contributed by atoms with Gasteiger partial charge in [-0.15, -0.1) is 0 Å². The maximum atomic E-state index is 15.0. The number of halogens is 7. The Balaban J connectivity index is 2.36. The summed E-state index contributed by atoms with van der Waals surface area (Å²) in [7, 11) is -4.13. The Morgan fingerprint density at radius 3 is 1.93 bits per heavy atom. The van der Waals surface area contributed by atoms with Crippen LogP contribution < -0.4 is 5.14 Å². The molecule has 1 aromatic heterocycles. The highest BCUT2D eigenvalue weighted by atomic mass is 32.2. The molecule has 0 atom stereocenters. The Labute approximate surface area is 161 Å². The Hall–Kier alpha value is -2.08. The largest absolute Gasteiger partial charge is 0.436 e. The van der Waals surface area contributed by atoms with Gasteiger partial charge in [0.05, 0.1) is 4.90 Å². The van der Waals surface area contributed by atoms with Crippen LogP contribution in [0.15, 0.2) is 29.2 Å². The van der Waals surface area contributed by atoms with Crippen molar-refractivity contribution in [2.45, 2.75) is 49.2 Å². The molecule has 0 amide bonds. The Kier molecular flexibility index (Phi) is 4.82. The second-order valence-electron chi connectivity index (χ2n) is 6.76. The van der Waals surface area contributed by atoms with Crippen LogP contribution in [0, 0.1) is 6.92 Å². The number of nitrogens with two attached hydrogens (primary N) is 1. The highest BCUT2D eigenvalue weighted by Crippen LogP contribution is 2.57. The fourth-order valence-corrected chi connectivity index (χ4v) is 4.27. The number of hydrogen-bond donors (Lipinski definition) is 1. The van der Waals surface area contributed by atoms with E-state index < -0.39 is 44.9 Å². The quantitative estimate of drug-likeness (QED) is 0.716. The molecule has 0 bridgehead atoms. The summed E-state index contributed by atoms with van der Waals surface area (Å²) < 4.78 is 120. The summed E-state index contributed by atoms with van der Waals surface area (Å²) >= 11 is 0. The number of fused-ring (bicyclic) bond motifs is 1. The Bertz CT molecular complexity index is 1040. The minimum atomic E-state index is -6.26. The van der Waals surface area contributed by atoms with Gasteiger partial charge in [0.2, 0.25) is 10.0 Å². The first-order valence-electron chi connectivity index (χ1n) is 8.28. The maximum absolute atomic E-state index is 15.0. The van der Waals surface area contributed by atoms with Crippen molar-refractivity contribution in [2.75, 3.05) is 0 Å². The second-order valence-corrected chi connectivity index (χ2v) is 8.32. The van der Waals surface area contributed by atoms with Crippen LogP contribution in [0.25, 0.3) is 11.1 Å². The van der Waals surface area contributed by atoms with Crippen molar-refractivity contribution in [1.82, 2.24) is 4.57 Å². The van der Waals surface area contributed by atoms with Gasteiger partial charge in [-0.05, 0) is 37.5 Å². The second kappa shape index (κ2) is 6.46. The van der Waals surface area contributed by atoms with Crippen molar-refractivity contribution >= 4 is 10.0 Å². The Morgan fingerprint density at radius 2 is 1.48 bits per heavy atom. The Morgan fingerprint density at radius 1 is 0.966 bits per heavy atom. The average molecular weight is 444 g/mol. The maximum Gasteiger partial charge on any atom is 0.436 e. The molecule has 0 aliphatic carbocycles. The minimum Gasteiger partial charge on any atom is -0.348 e. The molecule has 0 spiro atoms. The summed E-state index contributed by atoms with van der Waals surface area (Å²) in [5.41, 5.74) is -8.14. The van der Waals surface area contributed by atoms with Crippen molar-refractivity contribution in [3.63, 3.8) is 0 Å². The van der Waals surface area contributed by atoms with Crippen LogP contribution in [0.2, 0.25) is 0 Å². The molecular weight excluding hydrogens is 429 g/mol. The van der Waals surface area contributed by atoms with Gasteiger partial charge in [0, 0.05) is 29.1 Å². The molecule has 4 nitrogen and oxygen atoms in total. The predicted octanol–water partition coefficient (Wildman–Crippen LogP) is 4.35. The number of sulfonamides is 1. The van der Waals surface area contributed by atoms with Crippen molar-refractivity contribution in [3.8, 4) is 11.1 Å². The molecule has 2 aromatic rings. The monoisotopic (exact) mass is 444 g/mol. The number of nitrogens with zero attached hydrogens (tertiary/aromatic N) is 1. The van der Waals surface area contributed by atoms with E-state index in [0.29, 0.717) is 6.42 Å². The van der Waals surface area contributed by atoms with Crippen LogP contribution in [0.3, 0.4) is 0 Å². The molecule has 2 heterocycles. The standard InChI is InChI=1S/C17H15F7N2O2S/c1-9-14(15(18,16(19,20)21)17(22,23)24)13(12-3-2-8-26(9)12)10-4-6-11(7-5-10)29(25,27)28/h4-7H,2-3,8H2,1H3,(H2,25,27,28). The molecule has 1 aliphatic rings. The minimum absolute atomic E-state index is 0.136.